The average Bonchev–Trinajstić information content (AvgIpc) is 3.52. The third-order valence-corrected chi connectivity index (χ3v) is 6.37. The minimum atomic E-state index is 0.0700. The fourth-order valence-corrected chi connectivity index (χ4v) is 4.73. The Balaban J connectivity index is 1.06. The Kier molecular flexibility index (Phi) is 5.47. The fraction of sp³-hybridized carbons (Fsp3) is 0.214. The molecule has 0 saturated heterocycles. The number of benzene rings is 4. The number of nitrogens with zero attached hydrogens (tertiary/aromatic N) is 2. The van der Waals surface area contributed by atoms with Crippen LogP contribution in [0.1, 0.15) is 11.1 Å². The second-order valence-corrected chi connectivity index (χ2v) is 8.73. The molecule has 2 aliphatic heterocycles. The van der Waals surface area contributed by atoms with E-state index in [1.165, 1.54) is 32.7 Å². The molecule has 2 heterocycles. The first-order valence-corrected chi connectivity index (χ1v) is 11.7. The lowest BCUT2D eigenvalue weighted by molar-refractivity contribution is 0.287. The molecule has 6 rings (SSSR count). The highest BCUT2D eigenvalue weighted by molar-refractivity contribution is 5.87. The summed E-state index contributed by atoms with van der Waals surface area (Å²) in [7, 11) is 0. The zero-order valence-corrected chi connectivity index (χ0v) is 18.8. The van der Waals surface area contributed by atoms with Crippen LogP contribution in [0, 0.1) is 0 Å². The molecule has 0 amide bonds. The molecule has 0 bridgehead atoms. The van der Waals surface area contributed by atoms with Gasteiger partial charge in [-0.3, -0.25) is 0 Å². The van der Waals surface area contributed by atoms with E-state index in [0.717, 1.165) is 12.8 Å². The number of nitrogens with one attached hydrogen (secondary N) is 2. The lowest BCUT2D eigenvalue weighted by Crippen LogP contribution is -2.41. The maximum Gasteiger partial charge on any atom is 0.304 e. The van der Waals surface area contributed by atoms with Gasteiger partial charge in [-0.2, -0.15) is 0 Å². The van der Waals surface area contributed by atoms with Gasteiger partial charge in [0.1, 0.15) is 13.2 Å². The van der Waals surface area contributed by atoms with Gasteiger partial charge in [-0.25, -0.2) is 20.8 Å². The maximum absolute atomic E-state index is 5.75. The minimum Gasteiger partial charge on any atom is -0.462 e. The first-order valence-electron chi connectivity index (χ1n) is 11.7. The van der Waals surface area contributed by atoms with Gasteiger partial charge in [0, 0.05) is 0 Å². The number of amidine groups is 2. The van der Waals surface area contributed by atoms with Crippen molar-refractivity contribution in [3.63, 3.8) is 0 Å². The van der Waals surface area contributed by atoms with E-state index < -0.39 is 0 Å². The summed E-state index contributed by atoms with van der Waals surface area (Å²) >= 11 is 0. The van der Waals surface area contributed by atoms with Crippen LogP contribution in [-0.2, 0) is 22.3 Å². The third-order valence-electron chi connectivity index (χ3n) is 6.37. The van der Waals surface area contributed by atoms with E-state index in [9.17, 15) is 0 Å². The van der Waals surface area contributed by atoms with Crippen molar-refractivity contribution in [3.05, 3.63) is 96.1 Å². The monoisotopic (exact) mass is 450 g/mol. The summed E-state index contributed by atoms with van der Waals surface area (Å²) < 4.78 is 11.5. The molecule has 0 fully saturated rings. The molecule has 4 aromatic rings. The topological polar surface area (TPSA) is 67.2 Å². The van der Waals surface area contributed by atoms with Gasteiger partial charge in [-0.1, -0.05) is 84.9 Å². The number of aliphatic imine (C=N–C) groups is 2. The van der Waals surface area contributed by atoms with Crippen LogP contribution in [0.5, 0.6) is 0 Å². The van der Waals surface area contributed by atoms with Crippen LogP contribution in [0.15, 0.2) is 94.9 Å². The van der Waals surface area contributed by atoms with Crippen LogP contribution in [0.3, 0.4) is 0 Å². The molecule has 0 radical (unpaired) electrons. The lowest BCUT2D eigenvalue weighted by atomic mass is 9.99. The van der Waals surface area contributed by atoms with E-state index in [4.69, 9.17) is 9.47 Å². The standard InChI is InChI=1S/C28H26N4O2/c1-3-13-25-19(7-1)9-5-11-21(25)15-23-17-33-27(29-23)31-32-28-30-24(18-34-28)16-22-12-6-10-20-8-2-4-14-26(20)22/h1-14,23-24H,15-18H2,(H,29,31)(H,30,32). The van der Waals surface area contributed by atoms with E-state index in [-0.39, 0.29) is 12.1 Å². The van der Waals surface area contributed by atoms with Gasteiger partial charge in [-0.15, -0.1) is 0 Å². The normalized spacial score (nSPS) is 19.4. The molecule has 0 aliphatic carbocycles. The third kappa shape index (κ3) is 4.27. The Morgan fingerprint density at radius 1 is 0.588 bits per heavy atom. The number of hydrogen-bond acceptors (Lipinski definition) is 6. The van der Waals surface area contributed by atoms with Crippen LogP contribution >= 0.6 is 0 Å². The van der Waals surface area contributed by atoms with Crippen molar-refractivity contribution in [3.8, 4) is 0 Å². The fourth-order valence-electron chi connectivity index (χ4n) is 4.73. The molecule has 2 N–H and O–H groups in total. The highest BCUT2D eigenvalue weighted by atomic mass is 16.5. The summed E-state index contributed by atoms with van der Waals surface area (Å²) in [5, 5.41) is 5.03. The number of ether oxygens (including phenoxy) is 2. The summed E-state index contributed by atoms with van der Waals surface area (Å²) in [5.74, 6) is 0. The smallest absolute Gasteiger partial charge is 0.304 e. The highest BCUT2D eigenvalue weighted by Gasteiger charge is 2.23. The van der Waals surface area contributed by atoms with E-state index in [2.05, 4.69) is 106 Å². The van der Waals surface area contributed by atoms with E-state index in [1.54, 1.807) is 0 Å². The predicted octanol–water partition coefficient (Wildman–Crippen LogP) is 4.38. The molecule has 34 heavy (non-hydrogen) atoms. The Morgan fingerprint density at radius 2 is 1.03 bits per heavy atom. The van der Waals surface area contributed by atoms with Gasteiger partial charge >= 0.3 is 12.0 Å². The van der Waals surface area contributed by atoms with E-state index in [1.807, 2.05) is 0 Å². The summed E-state index contributed by atoms with van der Waals surface area (Å²) in [6.45, 7) is 1.09. The SMILES string of the molecule is c1ccc2c(CC3COC(NNC4=NC(Cc5cccc6ccccc56)CO4)=N3)cccc2c1. The zero-order chi connectivity index (χ0) is 22.7. The highest BCUT2D eigenvalue weighted by Crippen LogP contribution is 2.23. The summed E-state index contributed by atoms with van der Waals surface area (Å²) in [4.78, 5) is 9.36. The number of fused-ring (bicyclic) bond motifs is 2. The Labute approximate surface area is 198 Å². The average molecular weight is 451 g/mol. The number of hydrogen-bond donors (Lipinski definition) is 2. The van der Waals surface area contributed by atoms with Crippen LogP contribution in [0.2, 0.25) is 0 Å². The molecule has 2 unspecified atom stereocenters. The largest absolute Gasteiger partial charge is 0.462 e. The van der Waals surface area contributed by atoms with Gasteiger partial charge in [0.15, 0.2) is 0 Å². The molecular formula is C28H26N4O2. The molecule has 0 saturated carbocycles. The Morgan fingerprint density at radius 3 is 1.53 bits per heavy atom. The molecule has 6 nitrogen and oxygen atoms in total. The van der Waals surface area contributed by atoms with Gasteiger partial charge < -0.3 is 9.47 Å². The number of hydrazine groups is 1. The first kappa shape index (κ1) is 20.5. The van der Waals surface area contributed by atoms with Crippen molar-refractivity contribution in [1.82, 2.24) is 10.9 Å². The van der Waals surface area contributed by atoms with E-state index in [0.29, 0.717) is 25.3 Å². The van der Waals surface area contributed by atoms with Crippen LogP contribution in [0.25, 0.3) is 21.5 Å². The molecule has 4 aromatic carbocycles. The van der Waals surface area contributed by atoms with Crippen LogP contribution in [0.4, 0.5) is 0 Å². The quantitative estimate of drug-likeness (QED) is 0.453. The summed E-state index contributed by atoms with van der Waals surface area (Å²) in [6.07, 6.45) is 1.66. The molecule has 2 atom stereocenters. The van der Waals surface area contributed by atoms with Crippen molar-refractivity contribution in [1.29, 1.82) is 0 Å². The molecule has 6 heteroatoms. The Bertz CT molecular complexity index is 1280. The summed E-state index contributed by atoms with van der Waals surface area (Å²) in [5.41, 5.74) is 8.59. The second kappa shape index (κ2) is 9.06. The van der Waals surface area contributed by atoms with Crippen LogP contribution < -0.4 is 10.9 Å². The molecular weight excluding hydrogens is 424 g/mol. The predicted molar refractivity (Wildman–Crippen MR) is 136 cm³/mol. The first-order chi connectivity index (χ1) is 16.8. The van der Waals surface area contributed by atoms with Gasteiger partial charge in [-0.05, 0) is 45.5 Å². The zero-order valence-electron chi connectivity index (χ0n) is 18.8. The Hall–Kier alpha value is -4.06. The van der Waals surface area contributed by atoms with Crippen molar-refractivity contribution in [2.45, 2.75) is 24.9 Å². The lowest BCUT2D eigenvalue weighted by Gasteiger charge is -2.08. The molecule has 0 spiro atoms. The second-order valence-electron chi connectivity index (χ2n) is 8.73. The van der Waals surface area contributed by atoms with Crippen LogP contribution in [-0.4, -0.2) is 37.3 Å². The van der Waals surface area contributed by atoms with E-state index >= 15 is 0 Å². The van der Waals surface area contributed by atoms with Crippen molar-refractivity contribution in [2.75, 3.05) is 13.2 Å². The van der Waals surface area contributed by atoms with Gasteiger partial charge in [0.25, 0.3) is 0 Å². The van der Waals surface area contributed by atoms with Crippen molar-refractivity contribution in [2.24, 2.45) is 9.98 Å². The van der Waals surface area contributed by atoms with Gasteiger partial charge in [0.2, 0.25) is 0 Å². The van der Waals surface area contributed by atoms with Crippen molar-refractivity contribution >= 4 is 33.6 Å². The van der Waals surface area contributed by atoms with Crippen molar-refractivity contribution < 1.29 is 9.47 Å². The molecule has 2 aliphatic rings. The molecule has 170 valence electrons. The molecule has 0 aromatic heterocycles. The van der Waals surface area contributed by atoms with Gasteiger partial charge in [0.05, 0.1) is 12.1 Å². The summed E-state index contributed by atoms with van der Waals surface area (Å²) in [6, 6.07) is 30.8. The maximum atomic E-state index is 5.75. The number of rotatable bonds is 4. The minimum absolute atomic E-state index is 0.0700.